The highest BCUT2D eigenvalue weighted by molar-refractivity contribution is 4.78. The SMILES string of the molecule is CCCNCC1COCCN1CCN(CC)CC. The molecule has 4 nitrogen and oxygen atoms in total. The summed E-state index contributed by atoms with van der Waals surface area (Å²) in [5, 5.41) is 3.52. The van der Waals surface area contributed by atoms with Crippen LogP contribution in [-0.4, -0.2) is 74.9 Å². The van der Waals surface area contributed by atoms with Crippen LogP contribution in [0, 0.1) is 0 Å². The van der Waals surface area contributed by atoms with E-state index >= 15 is 0 Å². The summed E-state index contributed by atoms with van der Waals surface area (Å²) in [7, 11) is 0. The summed E-state index contributed by atoms with van der Waals surface area (Å²) in [6.07, 6.45) is 1.20. The van der Waals surface area contributed by atoms with E-state index in [9.17, 15) is 0 Å². The summed E-state index contributed by atoms with van der Waals surface area (Å²) >= 11 is 0. The Morgan fingerprint density at radius 3 is 2.72 bits per heavy atom. The molecule has 0 radical (unpaired) electrons. The van der Waals surface area contributed by atoms with Gasteiger partial charge in [0.1, 0.15) is 0 Å². The molecule has 0 spiro atoms. The van der Waals surface area contributed by atoms with Gasteiger partial charge in [0, 0.05) is 32.2 Å². The molecule has 0 aromatic carbocycles. The molecule has 1 atom stereocenters. The van der Waals surface area contributed by atoms with E-state index in [1.54, 1.807) is 0 Å². The highest BCUT2D eigenvalue weighted by atomic mass is 16.5. The lowest BCUT2D eigenvalue weighted by molar-refractivity contribution is -0.00993. The van der Waals surface area contributed by atoms with Crippen LogP contribution >= 0.6 is 0 Å². The van der Waals surface area contributed by atoms with Gasteiger partial charge in [-0.15, -0.1) is 0 Å². The van der Waals surface area contributed by atoms with Gasteiger partial charge in [-0.3, -0.25) is 4.90 Å². The second kappa shape index (κ2) is 9.73. The van der Waals surface area contributed by atoms with Crippen molar-refractivity contribution < 1.29 is 4.74 Å². The summed E-state index contributed by atoms with van der Waals surface area (Å²) in [5.41, 5.74) is 0. The van der Waals surface area contributed by atoms with Gasteiger partial charge >= 0.3 is 0 Å². The third kappa shape index (κ3) is 5.65. The largest absolute Gasteiger partial charge is 0.378 e. The number of nitrogens with zero attached hydrogens (tertiary/aromatic N) is 2. The summed E-state index contributed by atoms with van der Waals surface area (Å²) < 4.78 is 5.61. The number of morpholine rings is 1. The van der Waals surface area contributed by atoms with Crippen molar-refractivity contribution in [1.82, 2.24) is 15.1 Å². The summed E-state index contributed by atoms with van der Waals surface area (Å²) in [4.78, 5) is 5.08. The lowest BCUT2D eigenvalue weighted by Crippen LogP contribution is -2.52. The maximum Gasteiger partial charge on any atom is 0.0634 e. The van der Waals surface area contributed by atoms with E-state index < -0.39 is 0 Å². The number of rotatable bonds is 9. The Hall–Kier alpha value is -0.160. The van der Waals surface area contributed by atoms with Crippen molar-refractivity contribution in [1.29, 1.82) is 0 Å². The van der Waals surface area contributed by atoms with E-state index in [0.29, 0.717) is 6.04 Å². The molecule has 108 valence electrons. The molecule has 4 heteroatoms. The van der Waals surface area contributed by atoms with Crippen LogP contribution in [0.3, 0.4) is 0 Å². The first kappa shape index (κ1) is 15.9. The molecule has 1 fully saturated rings. The number of likely N-dealkylation sites (N-methyl/N-ethyl adjacent to an activating group) is 1. The molecule has 0 saturated carbocycles. The molecule has 1 aliphatic heterocycles. The van der Waals surface area contributed by atoms with Crippen LogP contribution in [0.2, 0.25) is 0 Å². The van der Waals surface area contributed by atoms with Crippen LogP contribution in [0.25, 0.3) is 0 Å². The van der Waals surface area contributed by atoms with Gasteiger partial charge in [0.05, 0.1) is 13.2 Å². The van der Waals surface area contributed by atoms with Crippen molar-refractivity contribution in [3.05, 3.63) is 0 Å². The Morgan fingerprint density at radius 2 is 2.06 bits per heavy atom. The maximum atomic E-state index is 5.61. The summed E-state index contributed by atoms with van der Waals surface area (Å²) in [6.45, 7) is 16.4. The molecular formula is C14H31N3O. The standard InChI is InChI=1S/C14H31N3O/c1-4-7-15-12-14-13-18-11-10-17(14)9-8-16(5-2)6-3/h14-15H,4-13H2,1-3H3. The maximum absolute atomic E-state index is 5.61. The highest BCUT2D eigenvalue weighted by Crippen LogP contribution is 2.06. The first-order valence-electron chi connectivity index (χ1n) is 7.56. The van der Waals surface area contributed by atoms with Crippen molar-refractivity contribution >= 4 is 0 Å². The Labute approximate surface area is 113 Å². The zero-order valence-electron chi connectivity index (χ0n) is 12.5. The van der Waals surface area contributed by atoms with Gasteiger partial charge in [-0.2, -0.15) is 0 Å². The number of hydrogen-bond acceptors (Lipinski definition) is 4. The molecular weight excluding hydrogens is 226 g/mol. The summed E-state index contributed by atoms with van der Waals surface area (Å²) in [6, 6.07) is 0.556. The van der Waals surface area contributed by atoms with E-state index in [4.69, 9.17) is 4.74 Å². The van der Waals surface area contributed by atoms with Gasteiger partial charge in [-0.1, -0.05) is 20.8 Å². The minimum absolute atomic E-state index is 0.556. The van der Waals surface area contributed by atoms with Crippen molar-refractivity contribution in [3.63, 3.8) is 0 Å². The minimum atomic E-state index is 0.556. The molecule has 0 aliphatic carbocycles. The molecule has 0 amide bonds. The van der Waals surface area contributed by atoms with Gasteiger partial charge in [0.2, 0.25) is 0 Å². The smallest absolute Gasteiger partial charge is 0.0634 e. The number of nitrogens with one attached hydrogen (secondary N) is 1. The first-order valence-corrected chi connectivity index (χ1v) is 7.56. The van der Waals surface area contributed by atoms with Crippen LogP contribution in [0.1, 0.15) is 27.2 Å². The van der Waals surface area contributed by atoms with Gasteiger partial charge in [0.25, 0.3) is 0 Å². The van der Waals surface area contributed by atoms with Crippen molar-refractivity contribution in [2.24, 2.45) is 0 Å². The molecule has 0 aromatic rings. The molecule has 1 aliphatic rings. The molecule has 18 heavy (non-hydrogen) atoms. The predicted octanol–water partition coefficient (Wildman–Crippen LogP) is 1.03. The van der Waals surface area contributed by atoms with Gasteiger partial charge in [-0.05, 0) is 26.1 Å². The molecule has 1 heterocycles. The van der Waals surface area contributed by atoms with Gasteiger partial charge in [0.15, 0.2) is 0 Å². The molecule has 0 aromatic heterocycles. The Balaban J connectivity index is 2.29. The predicted molar refractivity (Wildman–Crippen MR) is 77.1 cm³/mol. The average molecular weight is 257 g/mol. The average Bonchev–Trinajstić information content (AvgIpc) is 2.41. The lowest BCUT2D eigenvalue weighted by Gasteiger charge is -2.36. The third-order valence-corrected chi connectivity index (χ3v) is 3.75. The second-order valence-corrected chi connectivity index (χ2v) is 5.00. The lowest BCUT2D eigenvalue weighted by atomic mass is 10.2. The fourth-order valence-electron chi connectivity index (χ4n) is 2.43. The number of hydrogen-bond donors (Lipinski definition) is 1. The van der Waals surface area contributed by atoms with E-state index in [0.717, 1.165) is 45.9 Å². The van der Waals surface area contributed by atoms with Crippen LogP contribution in [-0.2, 0) is 4.74 Å². The summed E-state index contributed by atoms with van der Waals surface area (Å²) in [5.74, 6) is 0. The topological polar surface area (TPSA) is 27.7 Å². The van der Waals surface area contributed by atoms with Crippen molar-refractivity contribution in [2.45, 2.75) is 33.2 Å². The number of ether oxygens (including phenoxy) is 1. The minimum Gasteiger partial charge on any atom is -0.378 e. The van der Waals surface area contributed by atoms with Crippen molar-refractivity contribution in [2.75, 3.05) is 59.0 Å². The first-order chi connectivity index (χ1) is 8.81. The van der Waals surface area contributed by atoms with Crippen LogP contribution in [0.5, 0.6) is 0 Å². The van der Waals surface area contributed by atoms with Crippen LogP contribution in [0.15, 0.2) is 0 Å². The van der Waals surface area contributed by atoms with E-state index in [2.05, 4.69) is 35.9 Å². The van der Waals surface area contributed by atoms with Gasteiger partial charge in [-0.25, -0.2) is 0 Å². The van der Waals surface area contributed by atoms with E-state index in [1.165, 1.54) is 19.5 Å². The van der Waals surface area contributed by atoms with Crippen LogP contribution < -0.4 is 5.32 Å². The Kier molecular flexibility index (Phi) is 8.59. The molecule has 1 saturated heterocycles. The van der Waals surface area contributed by atoms with Gasteiger partial charge < -0.3 is 15.0 Å². The Bertz CT molecular complexity index is 197. The van der Waals surface area contributed by atoms with E-state index in [1.807, 2.05) is 0 Å². The third-order valence-electron chi connectivity index (χ3n) is 3.75. The molecule has 1 N–H and O–H groups in total. The normalized spacial score (nSPS) is 21.7. The monoisotopic (exact) mass is 257 g/mol. The molecule has 1 rings (SSSR count). The Morgan fingerprint density at radius 1 is 1.28 bits per heavy atom. The quantitative estimate of drug-likeness (QED) is 0.624. The fourth-order valence-corrected chi connectivity index (χ4v) is 2.43. The zero-order chi connectivity index (χ0) is 13.2. The second-order valence-electron chi connectivity index (χ2n) is 5.00. The fraction of sp³-hybridized carbons (Fsp3) is 1.00. The zero-order valence-corrected chi connectivity index (χ0v) is 12.5. The van der Waals surface area contributed by atoms with Crippen LogP contribution in [0.4, 0.5) is 0 Å². The highest BCUT2D eigenvalue weighted by Gasteiger charge is 2.22. The van der Waals surface area contributed by atoms with Crippen molar-refractivity contribution in [3.8, 4) is 0 Å². The molecule has 1 unspecified atom stereocenters. The van der Waals surface area contributed by atoms with E-state index in [-0.39, 0.29) is 0 Å². The molecule has 0 bridgehead atoms.